The van der Waals surface area contributed by atoms with Gasteiger partial charge < -0.3 is 39.8 Å². The average molecular weight is 525 g/mol. The fourth-order valence-corrected chi connectivity index (χ4v) is 4.94. The van der Waals surface area contributed by atoms with Crippen LogP contribution in [0.1, 0.15) is 37.0 Å². The van der Waals surface area contributed by atoms with Crippen LogP contribution >= 0.6 is 0 Å². The number of carbonyl (C=O) groups is 2. The molecule has 2 aromatic carbocycles. The summed E-state index contributed by atoms with van der Waals surface area (Å²) in [6.45, 7) is 6.06. The Balaban J connectivity index is 1.41. The van der Waals surface area contributed by atoms with Crippen LogP contribution in [0.5, 0.6) is 17.2 Å². The third kappa shape index (κ3) is 5.81. The van der Waals surface area contributed by atoms with Crippen LogP contribution in [0.15, 0.2) is 36.4 Å². The SMILES string of the molecule is C[C@@H]1CN([C@H](C)CO)C(=O)c2cccc(NC(=O)Nc3ccc4c(c3)OCO4)c2O[C@H]1CN(C)CC1CC1. The highest BCUT2D eigenvalue weighted by molar-refractivity contribution is 6.04. The molecule has 0 bridgehead atoms. The highest BCUT2D eigenvalue weighted by atomic mass is 16.7. The van der Waals surface area contributed by atoms with Crippen LogP contribution in [-0.2, 0) is 0 Å². The van der Waals surface area contributed by atoms with Crippen molar-refractivity contribution in [1.29, 1.82) is 0 Å². The molecule has 0 aromatic heterocycles. The van der Waals surface area contributed by atoms with Crippen molar-refractivity contribution in [3.63, 3.8) is 0 Å². The van der Waals surface area contributed by atoms with Gasteiger partial charge in [0, 0.05) is 37.3 Å². The highest BCUT2D eigenvalue weighted by Crippen LogP contribution is 2.37. The molecule has 1 saturated carbocycles. The standard InChI is InChI=1S/C28H36N4O6/c1-17-12-32(18(2)15-33)27(34)21-5-4-6-22(26(21)38-25(17)14-31(3)13-19-7-8-19)30-28(35)29-20-9-10-23-24(11-20)37-16-36-23/h4-6,9-11,17-19,25,33H,7-8,12-16H2,1-3H3,(H2,29,30,35)/t17-,18-,25+/m1/s1. The molecule has 3 atom stereocenters. The van der Waals surface area contributed by atoms with Crippen molar-refractivity contribution < 1.29 is 28.9 Å². The first-order valence-corrected chi connectivity index (χ1v) is 13.2. The van der Waals surface area contributed by atoms with Gasteiger partial charge in [-0.15, -0.1) is 0 Å². The molecule has 0 unspecified atom stereocenters. The van der Waals surface area contributed by atoms with Gasteiger partial charge in [0.1, 0.15) is 6.10 Å². The zero-order valence-electron chi connectivity index (χ0n) is 22.1. The number of anilines is 2. The number of nitrogens with one attached hydrogen (secondary N) is 2. The third-order valence-electron chi connectivity index (χ3n) is 7.33. The van der Waals surface area contributed by atoms with E-state index in [0.717, 1.165) is 12.5 Å². The minimum Gasteiger partial charge on any atom is -0.486 e. The molecule has 2 heterocycles. The molecule has 3 aliphatic rings. The molecule has 204 valence electrons. The molecule has 2 aliphatic heterocycles. The summed E-state index contributed by atoms with van der Waals surface area (Å²) in [6.07, 6.45) is 2.30. The van der Waals surface area contributed by atoms with Crippen LogP contribution in [-0.4, -0.2) is 79.1 Å². The normalized spacial score (nSPS) is 21.3. The minimum absolute atomic E-state index is 0.00160. The largest absolute Gasteiger partial charge is 0.486 e. The van der Waals surface area contributed by atoms with Crippen LogP contribution in [0.3, 0.4) is 0 Å². The molecular weight excluding hydrogens is 488 g/mol. The number of ether oxygens (including phenoxy) is 3. The molecule has 2 aromatic rings. The highest BCUT2D eigenvalue weighted by Gasteiger charge is 2.35. The average Bonchev–Trinajstić information content (AvgIpc) is 3.58. The van der Waals surface area contributed by atoms with Gasteiger partial charge in [-0.1, -0.05) is 13.0 Å². The summed E-state index contributed by atoms with van der Waals surface area (Å²) < 4.78 is 17.3. The lowest BCUT2D eigenvalue weighted by molar-refractivity contribution is 0.0346. The second-order valence-electron chi connectivity index (χ2n) is 10.6. The van der Waals surface area contributed by atoms with Crippen LogP contribution in [0.2, 0.25) is 0 Å². The van der Waals surface area contributed by atoms with E-state index in [0.29, 0.717) is 47.3 Å². The Bertz CT molecular complexity index is 1190. The van der Waals surface area contributed by atoms with Gasteiger partial charge in [0.05, 0.1) is 23.9 Å². The van der Waals surface area contributed by atoms with E-state index < -0.39 is 6.03 Å². The third-order valence-corrected chi connectivity index (χ3v) is 7.33. The summed E-state index contributed by atoms with van der Waals surface area (Å²) in [4.78, 5) is 30.6. The van der Waals surface area contributed by atoms with Gasteiger partial charge >= 0.3 is 6.03 Å². The van der Waals surface area contributed by atoms with Crippen molar-refractivity contribution in [1.82, 2.24) is 9.80 Å². The van der Waals surface area contributed by atoms with E-state index >= 15 is 0 Å². The van der Waals surface area contributed by atoms with E-state index in [-0.39, 0.29) is 37.4 Å². The first kappa shape index (κ1) is 26.1. The summed E-state index contributed by atoms with van der Waals surface area (Å²) in [6, 6.07) is 9.47. The number of aliphatic hydroxyl groups excluding tert-OH is 1. The summed E-state index contributed by atoms with van der Waals surface area (Å²) in [7, 11) is 2.09. The van der Waals surface area contributed by atoms with Gasteiger partial charge in [-0.2, -0.15) is 0 Å². The molecule has 0 radical (unpaired) electrons. The second-order valence-corrected chi connectivity index (χ2v) is 10.6. The Morgan fingerprint density at radius 3 is 2.71 bits per heavy atom. The van der Waals surface area contributed by atoms with Crippen LogP contribution in [0, 0.1) is 11.8 Å². The lowest BCUT2D eigenvalue weighted by Gasteiger charge is -2.38. The number of fused-ring (bicyclic) bond motifs is 2. The Morgan fingerprint density at radius 1 is 1.16 bits per heavy atom. The maximum absolute atomic E-state index is 13.6. The fourth-order valence-electron chi connectivity index (χ4n) is 4.94. The van der Waals surface area contributed by atoms with Crippen molar-refractivity contribution in [3.8, 4) is 17.2 Å². The molecule has 0 saturated heterocycles. The molecule has 1 aliphatic carbocycles. The van der Waals surface area contributed by atoms with Crippen molar-refractivity contribution in [2.75, 3.05) is 50.7 Å². The molecule has 10 nitrogen and oxygen atoms in total. The molecule has 3 N–H and O–H groups in total. The summed E-state index contributed by atoms with van der Waals surface area (Å²) in [5.74, 6) is 2.02. The molecule has 3 amide bonds. The lowest BCUT2D eigenvalue weighted by atomic mass is 9.99. The first-order valence-electron chi connectivity index (χ1n) is 13.2. The zero-order valence-corrected chi connectivity index (χ0v) is 22.1. The first-order chi connectivity index (χ1) is 18.3. The molecule has 1 fully saturated rings. The minimum atomic E-state index is -0.480. The lowest BCUT2D eigenvalue weighted by Crippen LogP contribution is -2.50. The monoisotopic (exact) mass is 524 g/mol. The summed E-state index contributed by atoms with van der Waals surface area (Å²) in [5.41, 5.74) is 1.29. The van der Waals surface area contributed by atoms with Crippen LogP contribution in [0.25, 0.3) is 0 Å². The molecule has 0 spiro atoms. The summed E-state index contributed by atoms with van der Waals surface area (Å²) in [5, 5.41) is 15.5. The van der Waals surface area contributed by atoms with E-state index in [1.54, 1.807) is 41.3 Å². The van der Waals surface area contributed by atoms with Gasteiger partial charge in [0.25, 0.3) is 5.91 Å². The molecule has 38 heavy (non-hydrogen) atoms. The number of amides is 3. The number of para-hydroxylation sites is 1. The Morgan fingerprint density at radius 2 is 1.95 bits per heavy atom. The predicted octanol–water partition coefficient (Wildman–Crippen LogP) is 3.62. The number of rotatable bonds is 8. The number of carbonyl (C=O) groups excluding carboxylic acids is 2. The maximum atomic E-state index is 13.6. The van der Waals surface area contributed by atoms with E-state index in [1.807, 2.05) is 6.92 Å². The van der Waals surface area contributed by atoms with E-state index in [9.17, 15) is 14.7 Å². The number of urea groups is 1. The number of aliphatic hydroxyl groups is 1. The van der Waals surface area contributed by atoms with Gasteiger partial charge in [-0.25, -0.2) is 4.79 Å². The number of nitrogens with zero attached hydrogens (tertiary/aromatic N) is 2. The number of hydrogen-bond acceptors (Lipinski definition) is 7. The molecule has 10 heteroatoms. The smallest absolute Gasteiger partial charge is 0.323 e. The molecular formula is C28H36N4O6. The zero-order chi connectivity index (χ0) is 26.8. The Kier molecular flexibility index (Phi) is 7.62. The van der Waals surface area contributed by atoms with E-state index in [2.05, 4.69) is 29.5 Å². The van der Waals surface area contributed by atoms with Crippen molar-refractivity contribution in [2.45, 2.75) is 38.8 Å². The number of benzene rings is 2. The quantitative estimate of drug-likeness (QED) is 0.484. The fraction of sp³-hybridized carbons (Fsp3) is 0.500. The van der Waals surface area contributed by atoms with Gasteiger partial charge in [0.2, 0.25) is 6.79 Å². The molecule has 5 rings (SSSR count). The summed E-state index contributed by atoms with van der Waals surface area (Å²) >= 11 is 0. The Labute approximate surface area is 222 Å². The number of hydrogen-bond donors (Lipinski definition) is 3. The maximum Gasteiger partial charge on any atom is 0.323 e. The van der Waals surface area contributed by atoms with Crippen molar-refractivity contribution >= 4 is 23.3 Å². The van der Waals surface area contributed by atoms with E-state index in [4.69, 9.17) is 14.2 Å². The van der Waals surface area contributed by atoms with Gasteiger partial charge in [-0.05, 0) is 57.0 Å². The van der Waals surface area contributed by atoms with E-state index in [1.165, 1.54) is 12.8 Å². The van der Waals surface area contributed by atoms with Crippen molar-refractivity contribution in [3.05, 3.63) is 42.0 Å². The van der Waals surface area contributed by atoms with Gasteiger partial charge in [0.15, 0.2) is 17.2 Å². The topological polar surface area (TPSA) is 113 Å². The Hall–Kier alpha value is -3.50. The van der Waals surface area contributed by atoms with Gasteiger partial charge in [-0.3, -0.25) is 4.79 Å². The van der Waals surface area contributed by atoms with Crippen LogP contribution < -0.4 is 24.8 Å². The second kappa shape index (κ2) is 11.1. The predicted molar refractivity (Wildman–Crippen MR) is 143 cm³/mol. The van der Waals surface area contributed by atoms with Crippen molar-refractivity contribution in [2.24, 2.45) is 11.8 Å². The number of likely N-dealkylation sites (N-methyl/N-ethyl adjacent to an activating group) is 1. The van der Waals surface area contributed by atoms with Crippen LogP contribution in [0.4, 0.5) is 16.2 Å².